The number of aromatic nitrogens is 2. The highest BCUT2D eigenvalue weighted by Crippen LogP contribution is 2.23. The minimum absolute atomic E-state index is 0.171. The molecule has 0 aliphatic rings. The van der Waals surface area contributed by atoms with Gasteiger partial charge in [0.15, 0.2) is 0 Å². The van der Waals surface area contributed by atoms with Gasteiger partial charge in [-0.25, -0.2) is 8.42 Å². The predicted molar refractivity (Wildman–Crippen MR) is 64.9 cm³/mol. The molecule has 84 valence electrons. The van der Waals surface area contributed by atoms with Crippen molar-refractivity contribution < 1.29 is 8.42 Å². The highest BCUT2D eigenvalue weighted by Gasteiger charge is 2.18. The van der Waals surface area contributed by atoms with E-state index in [4.69, 9.17) is 0 Å². The van der Waals surface area contributed by atoms with Crippen molar-refractivity contribution in [1.29, 1.82) is 0 Å². The van der Waals surface area contributed by atoms with Crippen molar-refractivity contribution >= 4 is 42.4 Å². The van der Waals surface area contributed by atoms with E-state index >= 15 is 0 Å². The van der Waals surface area contributed by atoms with E-state index in [0.29, 0.717) is 4.47 Å². The van der Waals surface area contributed by atoms with E-state index in [0.717, 1.165) is 11.3 Å². The Balaban J connectivity index is 2.37. The van der Waals surface area contributed by atoms with Crippen LogP contribution in [-0.4, -0.2) is 18.6 Å². The van der Waals surface area contributed by atoms with Crippen LogP contribution in [0.4, 0.5) is 5.13 Å². The molecule has 0 aliphatic carbocycles. The summed E-state index contributed by atoms with van der Waals surface area (Å²) in [6.07, 6.45) is 0. The van der Waals surface area contributed by atoms with Crippen LogP contribution in [0.3, 0.4) is 0 Å². The zero-order valence-electron chi connectivity index (χ0n) is 7.79. The van der Waals surface area contributed by atoms with E-state index in [1.54, 1.807) is 18.2 Å². The van der Waals surface area contributed by atoms with Crippen LogP contribution in [0.1, 0.15) is 0 Å². The maximum Gasteiger partial charge on any atom is 0.264 e. The van der Waals surface area contributed by atoms with Crippen molar-refractivity contribution in [2.45, 2.75) is 4.90 Å². The summed E-state index contributed by atoms with van der Waals surface area (Å²) < 4.78 is 26.7. The molecule has 0 amide bonds. The Morgan fingerprint density at radius 3 is 2.69 bits per heavy atom. The van der Waals surface area contributed by atoms with Gasteiger partial charge in [-0.05, 0) is 28.1 Å². The number of sulfonamides is 1. The van der Waals surface area contributed by atoms with Gasteiger partial charge in [-0.15, -0.1) is 10.2 Å². The smallest absolute Gasteiger partial charge is 0.253 e. The molecule has 8 heteroatoms. The van der Waals surface area contributed by atoms with Crippen LogP contribution in [-0.2, 0) is 10.0 Å². The second-order valence-corrected chi connectivity index (χ2v) is 6.12. The van der Waals surface area contributed by atoms with Crippen molar-refractivity contribution in [3.05, 3.63) is 34.2 Å². The minimum atomic E-state index is -3.60. The lowest BCUT2D eigenvalue weighted by molar-refractivity contribution is 0.600. The van der Waals surface area contributed by atoms with Crippen LogP contribution in [0, 0.1) is 0 Å². The SMILES string of the molecule is O=S(=O)(Nc1nncs1)c1ccccc1Br. The lowest BCUT2D eigenvalue weighted by Crippen LogP contribution is -2.13. The molecule has 1 N–H and O–H groups in total. The molecule has 0 spiro atoms. The highest BCUT2D eigenvalue weighted by atomic mass is 79.9. The third kappa shape index (κ3) is 2.39. The molecule has 16 heavy (non-hydrogen) atoms. The van der Waals surface area contributed by atoms with Crippen molar-refractivity contribution in [1.82, 2.24) is 10.2 Å². The fourth-order valence-electron chi connectivity index (χ4n) is 1.05. The standard InChI is InChI=1S/C8H6BrN3O2S2/c9-6-3-1-2-4-7(6)16(13,14)12-8-11-10-5-15-8/h1-5H,(H,11,12). The Kier molecular flexibility index (Phi) is 3.22. The average molecular weight is 320 g/mol. The molecule has 0 saturated heterocycles. The van der Waals surface area contributed by atoms with Gasteiger partial charge in [-0.2, -0.15) is 0 Å². The first-order valence-electron chi connectivity index (χ1n) is 4.13. The van der Waals surface area contributed by atoms with E-state index in [1.807, 2.05) is 0 Å². The molecule has 2 aromatic rings. The summed E-state index contributed by atoms with van der Waals surface area (Å²) in [6.45, 7) is 0. The zero-order chi connectivity index (χ0) is 11.6. The van der Waals surface area contributed by atoms with Crippen LogP contribution in [0.25, 0.3) is 0 Å². The molecular weight excluding hydrogens is 314 g/mol. The lowest BCUT2D eigenvalue weighted by atomic mass is 10.4. The molecule has 0 unspecified atom stereocenters. The Bertz CT molecular complexity index is 583. The summed E-state index contributed by atoms with van der Waals surface area (Å²) in [5.41, 5.74) is 1.46. The number of hydrogen-bond donors (Lipinski definition) is 1. The topological polar surface area (TPSA) is 72.0 Å². The van der Waals surface area contributed by atoms with Crippen molar-refractivity contribution in [3.63, 3.8) is 0 Å². The number of rotatable bonds is 3. The maximum absolute atomic E-state index is 11.9. The average Bonchev–Trinajstić information content (AvgIpc) is 2.70. The van der Waals surface area contributed by atoms with Gasteiger partial charge < -0.3 is 0 Å². The molecule has 1 heterocycles. The number of hydrogen-bond acceptors (Lipinski definition) is 5. The second-order valence-electron chi connectivity index (χ2n) is 2.78. The van der Waals surface area contributed by atoms with E-state index in [9.17, 15) is 8.42 Å². The molecule has 0 fully saturated rings. The van der Waals surface area contributed by atoms with Crippen LogP contribution in [0.15, 0.2) is 39.1 Å². The molecule has 5 nitrogen and oxygen atoms in total. The first-order chi connectivity index (χ1) is 7.59. The molecular formula is C8H6BrN3O2S2. The monoisotopic (exact) mass is 319 g/mol. The first-order valence-corrected chi connectivity index (χ1v) is 7.29. The summed E-state index contributed by atoms with van der Waals surface area (Å²) in [7, 11) is -3.60. The maximum atomic E-state index is 11.9. The van der Waals surface area contributed by atoms with E-state index < -0.39 is 10.0 Å². The van der Waals surface area contributed by atoms with Crippen LogP contribution in [0.2, 0.25) is 0 Å². The van der Waals surface area contributed by atoms with Gasteiger partial charge in [-0.3, -0.25) is 4.72 Å². The molecule has 2 rings (SSSR count). The molecule has 1 aromatic heterocycles. The Labute approximate surface area is 105 Å². The fraction of sp³-hybridized carbons (Fsp3) is 0. The predicted octanol–water partition coefficient (Wildman–Crippen LogP) is 2.10. The van der Waals surface area contributed by atoms with Gasteiger partial charge in [-0.1, -0.05) is 23.5 Å². The number of anilines is 1. The third-order valence-corrected chi connectivity index (χ3v) is 4.79. The van der Waals surface area contributed by atoms with Gasteiger partial charge >= 0.3 is 0 Å². The summed E-state index contributed by atoms with van der Waals surface area (Å²) in [4.78, 5) is 0.171. The van der Waals surface area contributed by atoms with Crippen molar-refractivity contribution in [3.8, 4) is 0 Å². The van der Waals surface area contributed by atoms with E-state index in [2.05, 4.69) is 30.8 Å². The summed E-state index contributed by atoms with van der Waals surface area (Å²) >= 11 is 4.31. The number of halogens is 1. The van der Waals surface area contributed by atoms with Crippen LogP contribution >= 0.6 is 27.3 Å². The van der Waals surface area contributed by atoms with Crippen LogP contribution in [0.5, 0.6) is 0 Å². The van der Waals surface area contributed by atoms with Crippen molar-refractivity contribution in [2.24, 2.45) is 0 Å². The van der Waals surface area contributed by atoms with Gasteiger partial charge in [0.1, 0.15) is 10.4 Å². The quantitative estimate of drug-likeness (QED) is 0.940. The van der Waals surface area contributed by atoms with Gasteiger partial charge in [0.2, 0.25) is 5.13 Å². The van der Waals surface area contributed by atoms with Gasteiger partial charge in [0.25, 0.3) is 10.0 Å². The van der Waals surface area contributed by atoms with Crippen LogP contribution < -0.4 is 4.72 Å². The van der Waals surface area contributed by atoms with Crippen molar-refractivity contribution in [2.75, 3.05) is 4.72 Å². The summed E-state index contributed by atoms with van der Waals surface area (Å²) in [5, 5.41) is 7.42. The first kappa shape index (κ1) is 11.5. The normalized spacial score (nSPS) is 11.3. The lowest BCUT2D eigenvalue weighted by Gasteiger charge is -2.05. The summed E-state index contributed by atoms with van der Waals surface area (Å²) in [5.74, 6) is 0. The molecule has 0 saturated carbocycles. The Morgan fingerprint density at radius 1 is 1.31 bits per heavy atom. The van der Waals surface area contributed by atoms with Gasteiger partial charge in [0, 0.05) is 4.47 Å². The Hall–Kier alpha value is -0.990. The third-order valence-electron chi connectivity index (χ3n) is 1.71. The second kappa shape index (κ2) is 4.48. The highest BCUT2D eigenvalue weighted by molar-refractivity contribution is 9.10. The zero-order valence-corrected chi connectivity index (χ0v) is 11.0. The molecule has 0 atom stereocenters. The molecule has 0 aliphatic heterocycles. The molecule has 0 radical (unpaired) electrons. The number of nitrogens with zero attached hydrogens (tertiary/aromatic N) is 2. The van der Waals surface area contributed by atoms with E-state index in [-0.39, 0.29) is 10.0 Å². The van der Waals surface area contributed by atoms with E-state index in [1.165, 1.54) is 11.6 Å². The molecule has 1 aromatic carbocycles. The number of benzene rings is 1. The summed E-state index contributed by atoms with van der Waals surface area (Å²) in [6, 6.07) is 6.57. The Morgan fingerprint density at radius 2 is 2.06 bits per heavy atom. The number of nitrogens with one attached hydrogen (secondary N) is 1. The fourth-order valence-corrected chi connectivity index (χ4v) is 3.75. The molecule has 0 bridgehead atoms. The largest absolute Gasteiger partial charge is 0.264 e. The minimum Gasteiger partial charge on any atom is -0.253 e. The van der Waals surface area contributed by atoms with Gasteiger partial charge in [0.05, 0.1) is 0 Å².